The molecule has 0 spiro atoms. The van der Waals surface area contributed by atoms with Crippen LogP contribution in [-0.4, -0.2) is 40.4 Å². The van der Waals surface area contributed by atoms with E-state index in [1.54, 1.807) is 18.0 Å². The molecule has 0 saturated carbocycles. The molecule has 33 heavy (non-hydrogen) atoms. The minimum atomic E-state index is -0.458. The van der Waals surface area contributed by atoms with Crippen molar-refractivity contribution in [1.82, 2.24) is 9.80 Å². The number of anilines is 1. The molecule has 0 radical (unpaired) electrons. The number of benzene rings is 2. The normalized spacial score (nSPS) is 17.3. The summed E-state index contributed by atoms with van der Waals surface area (Å²) in [5, 5.41) is 6.27. The van der Waals surface area contributed by atoms with Gasteiger partial charge < -0.3 is 15.1 Å². The zero-order valence-electron chi connectivity index (χ0n) is 18.7. The van der Waals surface area contributed by atoms with Gasteiger partial charge in [0.15, 0.2) is 5.17 Å². The Balaban J connectivity index is 1.75. The summed E-state index contributed by atoms with van der Waals surface area (Å²) < 4.78 is 0. The van der Waals surface area contributed by atoms with E-state index in [1.165, 1.54) is 11.8 Å². The highest BCUT2D eigenvalue weighted by Gasteiger charge is 2.40. The summed E-state index contributed by atoms with van der Waals surface area (Å²) >= 11 is 7.80. The van der Waals surface area contributed by atoms with E-state index in [-0.39, 0.29) is 18.2 Å². The molecule has 0 fully saturated rings. The molecular formula is C25H25ClN4O2S. The Labute approximate surface area is 203 Å². The van der Waals surface area contributed by atoms with E-state index in [4.69, 9.17) is 16.6 Å². The van der Waals surface area contributed by atoms with E-state index in [2.05, 4.69) is 5.32 Å². The van der Waals surface area contributed by atoms with E-state index in [9.17, 15) is 9.59 Å². The number of halogens is 1. The SMILES string of the molecule is CCN(C)C(=O)CC1=CSC2=NC(C)=C(C(=O)Nc3ccccc3)[C@@H](c3cccc(Cl)c3)N12. The van der Waals surface area contributed by atoms with Crippen LogP contribution in [-0.2, 0) is 9.59 Å². The second kappa shape index (κ2) is 9.85. The van der Waals surface area contributed by atoms with Gasteiger partial charge in [-0.2, -0.15) is 0 Å². The van der Waals surface area contributed by atoms with Crippen molar-refractivity contribution < 1.29 is 9.59 Å². The molecule has 2 aliphatic heterocycles. The molecular weight excluding hydrogens is 456 g/mol. The monoisotopic (exact) mass is 480 g/mol. The number of hydrogen-bond acceptors (Lipinski definition) is 5. The van der Waals surface area contributed by atoms with E-state index in [0.29, 0.717) is 28.5 Å². The number of amidine groups is 1. The maximum Gasteiger partial charge on any atom is 0.255 e. The molecule has 0 bridgehead atoms. The predicted octanol–water partition coefficient (Wildman–Crippen LogP) is 5.42. The van der Waals surface area contributed by atoms with E-state index < -0.39 is 6.04 Å². The van der Waals surface area contributed by atoms with Gasteiger partial charge in [-0.3, -0.25) is 9.59 Å². The van der Waals surface area contributed by atoms with Crippen LogP contribution in [0.3, 0.4) is 0 Å². The smallest absolute Gasteiger partial charge is 0.255 e. The van der Waals surface area contributed by atoms with E-state index in [0.717, 1.165) is 16.4 Å². The van der Waals surface area contributed by atoms with Crippen molar-refractivity contribution in [3.8, 4) is 0 Å². The fourth-order valence-electron chi connectivity index (χ4n) is 3.84. The lowest BCUT2D eigenvalue weighted by Gasteiger charge is -2.37. The first kappa shape index (κ1) is 23.1. The third-order valence-corrected chi connectivity index (χ3v) is 6.80. The third-order valence-electron chi connectivity index (χ3n) is 5.67. The van der Waals surface area contributed by atoms with Gasteiger partial charge in [0.1, 0.15) is 0 Å². The first-order chi connectivity index (χ1) is 15.9. The maximum atomic E-state index is 13.5. The van der Waals surface area contributed by atoms with Crippen LogP contribution in [0.15, 0.2) is 82.0 Å². The molecule has 8 heteroatoms. The molecule has 4 rings (SSSR count). The highest BCUT2D eigenvalue weighted by molar-refractivity contribution is 8.16. The van der Waals surface area contributed by atoms with Gasteiger partial charge in [-0.1, -0.05) is 53.7 Å². The number of nitrogens with zero attached hydrogens (tertiary/aromatic N) is 3. The fourth-order valence-corrected chi connectivity index (χ4v) is 5.00. The van der Waals surface area contributed by atoms with Crippen LogP contribution in [0, 0.1) is 0 Å². The van der Waals surface area contributed by atoms with Crippen molar-refractivity contribution in [2.24, 2.45) is 4.99 Å². The molecule has 0 unspecified atom stereocenters. The van der Waals surface area contributed by atoms with Crippen LogP contribution < -0.4 is 5.32 Å². The van der Waals surface area contributed by atoms with Crippen LogP contribution in [0.5, 0.6) is 0 Å². The molecule has 0 aromatic heterocycles. The summed E-state index contributed by atoms with van der Waals surface area (Å²) in [6.45, 7) is 4.41. The molecule has 0 aliphatic carbocycles. The first-order valence-electron chi connectivity index (χ1n) is 10.7. The lowest BCUT2D eigenvalue weighted by molar-refractivity contribution is -0.129. The van der Waals surface area contributed by atoms with Crippen molar-refractivity contribution in [3.05, 3.63) is 87.6 Å². The molecule has 6 nitrogen and oxygen atoms in total. The minimum absolute atomic E-state index is 0.0111. The standard InChI is InChI=1S/C25H25ClN4O2S/c1-4-29(3)21(31)14-20-15-33-25-27-16(2)22(24(32)28-19-11-6-5-7-12-19)23(30(20)25)17-9-8-10-18(26)13-17/h5-13,15,23H,4,14H2,1-3H3,(H,28,32)/t23-/m1/s1. The molecule has 2 heterocycles. The third kappa shape index (κ3) is 4.84. The topological polar surface area (TPSA) is 65.0 Å². The number of para-hydroxylation sites is 1. The van der Waals surface area contributed by atoms with Gasteiger partial charge in [0.2, 0.25) is 5.91 Å². The molecule has 1 atom stereocenters. The number of aliphatic imine (C=N–C) groups is 1. The van der Waals surface area contributed by atoms with E-state index >= 15 is 0 Å². The minimum Gasteiger partial charge on any atom is -0.346 e. The van der Waals surface area contributed by atoms with Gasteiger partial charge in [-0.05, 0) is 49.1 Å². The molecule has 2 aromatic carbocycles. The van der Waals surface area contributed by atoms with Crippen LogP contribution >= 0.6 is 23.4 Å². The summed E-state index contributed by atoms with van der Waals surface area (Å²) in [6.07, 6.45) is 0.222. The Morgan fingerprint density at radius 1 is 1.18 bits per heavy atom. The number of hydrogen-bond donors (Lipinski definition) is 1. The van der Waals surface area contributed by atoms with Crippen molar-refractivity contribution in [3.63, 3.8) is 0 Å². The average Bonchev–Trinajstić information content (AvgIpc) is 3.19. The summed E-state index contributed by atoms with van der Waals surface area (Å²) in [4.78, 5) is 34.6. The Morgan fingerprint density at radius 2 is 1.94 bits per heavy atom. The molecule has 2 aromatic rings. The van der Waals surface area contributed by atoms with Gasteiger partial charge in [-0.25, -0.2) is 4.99 Å². The zero-order chi connectivity index (χ0) is 23.5. The van der Waals surface area contributed by atoms with Gasteiger partial charge in [0.05, 0.1) is 23.7 Å². The van der Waals surface area contributed by atoms with Crippen LogP contribution in [0.25, 0.3) is 0 Å². The number of thioether (sulfide) groups is 1. The first-order valence-corrected chi connectivity index (χ1v) is 11.9. The summed E-state index contributed by atoms with van der Waals surface area (Å²) in [5.41, 5.74) is 3.53. The number of nitrogens with one attached hydrogen (secondary N) is 1. The van der Waals surface area contributed by atoms with Gasteiger partial charge in [0.25, 0.3) is 5.91 Å². The van der Waals surface area contributed by atoms with E-state index in [1.807, 2.05) is 72.7 Å². The van der Waals surface area contributed by atoms with Crippen molar-refractivity contribution >= 4 is 46.0 Å². The number of rotatable bonds is 6. The maximum absolute atomic E-state index is 13.5. The Bertz CT molecular complexity index is 1180. The second-order valence-corrected chi connectivity index (χ2v) is 9.13. The summed E-state index contributed by atoms with van der Waals surface area (Å²) in [7, 11) is 1.79. The molecule has 2 aliphatic rings. The van der Waals surface area contributed by atoms with Gasteiger partial charge in [-0.15, -0.1) is 0 Å². The number of carbonyl (C=O) groups excluding carboxylic acids is 2. The molecule has 0 saturated heterocycles. The number of carbonyl (C=O) groups is 2. The Hall–Kier alpha value is -3.03. The number of allylic oxidation sites excluding steroid dienone is 1. The second-order valence-electron chi connectivity index (χ2n) is 7.85. The van der Waals surface area contributed by atoms with Gasteiger partial charge >= 0.3 is 0 Å². The number of amides is 2. The fraction of sp³-hybridized carbons (Fsp3) is 0.240. The quantitative estimate of drug-likeness (QED) is 0.599. The van der Waals surface area contributed by atoms with Crippen molar-refractivity contribution in [1.29, 1.82) is 0 Å². The van der Waals surface area contributed by atoms with Crippen molar-refractivity contribution in [2.45, 2.75) is 26.3 Å². The lowest BCUT2D eigenvalue weighted by atomic mass is 9.93. The molecule has 2 amide bonds. The van der Waals surface area contributed by atoms with Gasteiger partial charge in [0, 0.05) is 30.0 Å². The van der Waals surface area contributed by atoms with Crippen LogP contribution in [0.2, 0.25) is 5.02 Å². The highest BCUT2D eigenvalue weighted by Crippen LogP contribution is 2.45. The van der Waals surface area contributed by atoms with Crippen LogP contribution in [0.4, 0.5) is 5.69 Å². The number of fused-ring (bicyclic) bond motifs is 1. The predicted molar refractivity (Wildman–Crippen MR) is 135 cm³/mol. The van der Waals surface area contributed by atoms with Crippen LogP contribution in [0.1, 0.15) is 31.9 Å². The zero-order valence-corrected chi connectivity index (χ0v) is 20.3. The average molecular weight is 481 g/mol. The Kier molecular flexibility index (Phi) is 6.91. The Morgan fingerprint density at radius 3 is 2.64 bits per heavy atom. The van der Waals surface area contributed by atoms with Crippen molar-refractivity contribution in [2.75, 3.05) is 18.9 Å². The molecule has 1 N–H and O–H groups in total. The highest BCUT2D eigenvalue weighted by atomic mass is 35.5. The largest absolute Gasteiger partial charge is 0.346 e. The lowest BCUT2D eigenvalue weighted by Crippen LogP contribution is -2.39. The summed E-state index contributed by atoms with van der Waals surface area (Å²) in [5.74, 6) is -0.225. The molecule has 170 valence electrons. The summed E-state index contributed by atoms with van der Waals surface area (Å²) in [6, 6.07) is 16.3.